The first kappa shape index (κ1) is 14.1. The highest BCUT2D eigenvalue weighted by atomic mass is 16.5. The largest absolute Gasteiger partial charge is 0.464 e. The summed E-state index contributed by atoms with van der Waals surface area (Å²) in [4.78, 5) is 13.9. The van der Waals surface area contributed by atoms with Crippen LogP contribution in [-0.4, -0.2) is 38.1 Å². The van der Waals surface area contributed by atoms with Crippen molar-refractivity contribution in [2.24, 2.45) is 0 Å². The van der Waals surface area contributed by atoms with Crippen molar-refractivity contribution in [3.8, 4) is 0 Å². The zero-order valence-corrected chi connectivity index (χ0v) is 11.9. The van der Waals surface area contributed by atoms with Crippen LogP contribution in [0.4, 0.5) is 0 Å². The Hall–Kier alpha value is -1.35. The van der Waals surface area contributed by atoms with Crippen molar-refractivity contribution in [3.05, 3.63) is 34.9 Å². The molecule has 1 aromatic carbocycles. The van der Waals surface area contributed by atoms with Crippen molar-refractivity contribution >= 4 is 5.97 Å². The fourth-order valence-electron chi connectivity index (χ4n) is 2.57. The molecule has 0 heterocycles. The zero-order valence-electron chi connectivity index (χ0n) is 11.9. The number of esters is 1. The van der Waals surface area contributed by atoms with Gasteiger partial charge < -0.3 is 9.64 Å². The summed E-state index contributed by atoms with van der Waals surface area (Å²) in [5, 5.41) is 0. The monoisotopic (exact) mass is 261 g/mol. The van der Waals surface area contributed by atoms with E-state index in [1.54, 1.807) is 0 Å². The van der Waals surface area contributed by atoms with Crippen molar-refractivity contribution in [1.82, 2.24) is 4.90 Å². The molecule has 2 rings (SSSR count). The Bertz CT molecular complexity index is 440. The van der Waals surface area contributed by atoms with Gasteiger partial charge in [-0.3, -0.25) is 4.79 Å². The predicted molar refractivity (Wildman–Crippen MR) is 76.3 cm³/mol. The third kappa shape index (κ3) is 4.06. The highest BCUT2D eigenvalue weighted by molar-refractivity contribution is 5.73. The van der Waals surface area contributed by atoms with E-state index in [9.17, 15) is 4.79 Å². The minimum atomic E-state index is -0.110. The molecule has 0 unspecified atom stereocenters. The molecule has 0 amide bonds. The molecule has 0 bridgehead atoms. The summed E-state index contributed by atoms with van der Waals surface area (Å²) in [6, 6.07) is 6.32. The summed E-state index contributed by atoms with van der Waals surface area (Å²) >= 11 is 0. The van der Waals surface area contributed by atoms with Gasteiger partial charge in [-0.2, -0.15) is 0 Å². The second-order valence-electron chi connectivity index (χ2n) is 5.46. The van der Waals surface area contributed by atoms with Crippen LogP contribution < -0.4 is 0 Å². The molecule has 104 valence electrons. The molecule has 0 fully saturated rings. The number of hydrogen-bond acceptors (Lipinski definition) is 3. The van der Waals surface area contributed by atoms with E-state index in [1.165, 1.54) is 24.0 Å². The van der Waals surface area contributed by atoms with Crippen molar-refractivity contribution in [2.75, 3.05) is 27.2 Å². The van der Waals surface area contributed by atoms with E-state index in [4.69, 9.17) is 4.74 Å². The molecule has 0 radical (unpaired) electrons. The first-order chi connectivity index (χ1) is 9.16. The van der Waals surface area contributed by atoms with Crippen LogP contribution in [0.1, 0.15) is 29.5 Å². The van der Waals surface area contributed by atoms with Gasteiger partial charge in [0.25, 0.3) is 0 Å². The lowest BCUT2D eigenvalue weighted by Gasteiger charge is -2.19. The summed E-state index contributed by atoms with van der Waals surface area (Å²) in [6.07, 6.45) is 5.18. The maximum Gasteiger partial charge on any atom is 0.310 e. The van der Waals surface area contributed by atoms with Crippen LogP contribution >= 0.6 is 0 Å². The second-order valence-corrected chi connectivity index (χ2v) is 5.46. The van der Waals surface area contributed by atoms with Crippen molar-refractivity contribution in [1.29, 1.82) is 0 Å². The molecular formula is C16H23NO2. The van der Waals surface area contributed by atoms with E-state index >= 15 is 0 Å². The topological polar surface area (TPSA) is 29.5 Å². The lowest BCUT2D eigenvalue weighted by Crippen LogP contribution is -2.21. The molecule has 3 heteroatoms. The molecule has 0 N–H and O–H groups in total. The summed E-state index contributed by atoms with van der Waals surface area (Å²) in [5.74, 6) is -0.110. The number of nitrogens with zero attached hydrogens (tertiary/aromatic N) is 1. The Labute approximate surface area is 115 Å². The highest BCUT2D eigenvalue weighted by Crippen LogP contribution is 2.24. The highest BCUT2D eigenvalue weighted by Gasteiger charge is 2.15. The van der Waals surface area contributed by atoms with Crippen molar-refractivity contribution < 1.29 is 9.53 Å². The quantitative estimate of drug-likeness (QED) is 0.761. The van der Waals surface area contributed by atoms with Gasteiger partial charge in [0.1, 0.15) is 6.61 Å². The molecule has 1 aromatic rings. The average Bonchev–Trinajstić information content (AvgIpc) is 2.39. The number of carbonyl (C=O) groups is 1. The van der Waals surface area contributed by atoms with Crippen molar-refractivity contribution in [3.63, 3.8) is 0 Å². The Morgan fingerprint density at radius 1 is 1.26 bits per heavy atom. The van der Waals surface area contributed by atoms with Gasteiger partial charge in [0.2, 0.25) is 0 Å². The number of ether oxygens (including phenoxy) is 1. The number of hydrogen-bond donors (Lipinski definition) is 0. The minimum absolute atomic E-state index is 0.110. The smallest absolute Gasteiger partial charge is 0.310 e. The minimum Gasteiger partial charge on any atom is -0.464 e. The zero-order chi connectivity index (χ0) is 13.7. The predicted octanol–water partition coefficient (Wildman–Crippen LogP) is 2.21. The third-order valence-electron chi connectivity index (χ3n) is 3.63. The Morgan fingerprint density at radius 3 is 2.84 bits per heavy atom. The lowest BCUT2D eigenvalue weighted by molar-refractivity contribution is -0.143. The molecule has 0 aromatic heterocycles. The molecule has 3 nitrogen and oxygen atoms in total. The van der Waals surface area contributed by atoms with Crippen LogP contribution in [0.3, 0.4) is 0 Å². The van der Waals surface area contributed by atoms with Gasteiger partial charge >= 0.3 is 5.97 Å². The first-order valence-electron chi connectivity index (χ1n) is 7.07. The normalized spacial score (nSPS) is 14.3. The van der Waals surface area contributed by atoms with Gasteiger partial charge in [-0.1, -0.05) is 18.2 Å². The molecule has 0 aliphatic heterocycles. The van der Waals surface area contributed by atoms with Crippen LogP contribution in [0, 0.1) is 0 Å². The van der Waals surface area contributed by atoms with Crippen LogP contribution in [0.5, 0.6) is 0 Å². The third-order valence-corrected chi connectivity index (χ3v) is 3.63. The van der Waals surface area contributed by atoms with Crippen LogP contribution in [-0.2, 0) is 28.8 Å². The first-order valence-corrected chi connectivity index (χ1v) is 7.07. The number of likely N-dealkylation sites (N-methyl/N-ethyl adjacent to an activating group) is 1. The molecule has 1 aliphatic carbocycles. The summed E-state index contributed by atoms with van der Waals surface area (Å²) in [6.45, 7) is 1.25. The number of fused-ring (bicyclic) bond motifs is 1. The Balaban J connectivity index is 1.93. The van der Waals surface area contributed by atoms with Crippen LogP contribution in [0.2, 0.25) is 0 Å². The van der Waals surface area contributed by atoms with Gasteiger partial charge in [-0.25, -0.2) is 0 Å². The van der Waals surface area contributed by atoms with Gasteiger partial charge in [0.15, 0.2) is 0 Å². The fraction of sp³-hybridized carbons (Fsp3) is 0.562. The van der Waals surface area contributed by atoms with E-state index in [1.807, 2.05) is 19.0 Å². The Morgan fingerprint density at radius 2 is 2.05 bits per heavy atom. The number of aryl methyl sites for hydroxylation is 1. The standard InChI is InChI=1S/C16H23NO2/c1-17(2)10-11-19-16(18)12-14-8-5-7-13-6-3-4-9-15(13)14/h5,7-8H,3-4,6,9-12H2,1-2H3. The molecule has 0 saturated carbocycles. The fourth-order valence-corrected chi connectivity index (χ4v) is 2.57. The average molecular weight is 261 g/mol. The van der Waals surface area contributed by atoms with E-state index < -0.39 is 0 Å². The van der Waals surface area contributed by atoms with E-state index in [0.29, 0.717) is 13.0 Å². The van der Waals surface area contributed by atoms with Gasteiger partial charge in [0, 0.05) is 6.54 Å². The van der Waals surface area contributed by atoms with Gasteiger partial charge in [-0.15, -0.1) is 0 Å². The van der Waals surface area contributed by atoms with Gasteiger partial charge in [-0.05, 0) is 56.5 Å². The Kier molecular flexibility index (Phi) is 4.97. The molecule has 19 heavy (non-hydrogen) atoms. The SMILES string of the molecule is CN(C)CCOC(=O)Cc1cccc2c1CCCC2. The summed E-state index contributed by atoms with van der Waals surface area (Å²) in [5.41, 5.74) is 3.97. The van der Waals surface area contributed by atoms with Gasteiger partial charge in [0.05, 0.1) is 6.42 Å². The second kappa shape index (κ2) is 6.71. The number of rotatable bonds is 5. The number of benzene rings is 1. The van der Waals surface area contributed by atoms with E-state index in [-0.39, 0.29) is 5.97 Å². The molecule has 1 aliphatic rings. The lowest BCUT2D eigenvalue weighted by atomic mass is 9.87. The van der Waals surface area contributed by atoms with Crippen molar-refractivity contribution in [2.45, 2.75) is 32.1 Å². The summed E-state index contributed by atoms with van der Waals surface area (Å²) < 4.78 is 5.27. The van der Waals surface area contributed by atoms with E-state index in [0.717, 1.165) is 24.9 Å². The van der Waals surface area contributed by atoms with Crippen LogP contribution in [0.25, 0.3) is 0 Å². The maximum absolute atomic E-state index is 11.8. The molecular weight excluding hydrogens is 238 g/mol. The molecule has 0 saturated heterocycles. The summed E-state index contributed by atoms with van der Waals surface area (Å²) in [7, 11) is 3.95. The van der Waals surface area contributed by atoms with Crippen LogP contribution in [0.15, 0.2) is 18.2 Å². The number of carbonyl (C=O) groups excluding carboxylic acids is 1. The van der Waals surface area contributed by atoms with E-state index in [2.05, 4.69) is 18.2 Å². The molecule has 0 atom stereocenters. The molecule has 0 spiro atoms. The maximum atomic E-state index is 11.8.